The fraction of sp³-hybridized carbons (Fsp3) is 0.176. The van der Waals surface area contributed by atoms with Crippen LogP contribution in [-0.4, -0.2) is 36.2 Å². The number of nitrogens with zero attached hydrogens (tertiary/aromatic N) is 3. The zero-order chi connectivity index (χ0) is 18.7. The molecule has 2 aromatic carbocycles. The SMILES string of the molecule is COc1cc(Nc2cnc3ccc([N+](=O)[O-])cc3n2)cc(OC)c1OC. The van der Waals surface area contributed by atoms with Gasteiger partial charge in [0, 0.05) is 30.0 Å². The van der Waals surface area contributed by atoms with E-state index in [1.165, 1.54) is 39.7 Å². The number of nitro benzene ring substituents is 1. The molecule has 0 aliphatic carbocycles. The average molecular weight is 356 g/mol. The number of anilines is 2. The van der Waals surface area contributed by atoms with Crippen molar-refractivity contribution in [2.45, 2.75) is 0 Å². The second-order valence-corrected chi connectivity index (χ2v) is 5.22. The number of ether oxygens (including phenoxy) is 3. The molecule has 26 heavy (non-hydrogen) atoms. The Morgan fingerprint density at radius 1 is 1.00 bits per heavy atom. The van der Waals surface area contributed by atoms with Crippen LogP contribution in [0, 0.1) is 10.1 Å². The van der Waals surface area contributed by atoms with Gasteiger partial charge in [-0.1, -0.05) is 0 Å². The molecule has 1 N–H and O–H groups in total. The molecular formula is C17H16N4O5. The van der Waals surface area contributed by atoms with E-state index in [9.17, 15) is 10.1 Å². The highest BCUT2D eigenvalue weighted by Crippen LogP contribution is 2.40. The lowest BCUT2D eigenvalue weighted by atomic mass is 10.2. The van der Waals surface area contributed by atoms with Crippen LogP contribution in [-0.2, 0) is 0 Å². The summed E-state index contributed by atoms with van der Waals surface area (Å²) in [7, 11) is 4.57. The summed E-state index contributed by atoms with van der Waals surface area (Å²) < 4.78 is 15.9. The predicted molar refractivity (Wildman–Crippen MR) is 95.6 cm³/mol. The largest absolute Gasteiger partial charge is 0.493 e. The summed E-state index contributed by atoms with van der Waals surface area (Å²) in [5.41, 5.74) is 1.57. The Balaban J connectivity index is 1.99. The van der Waals surface area contributed by atoms with Gasteiger partial charge in [0.2, 0.25) is 5.75 Å². The standard InChI is InChI=1S/C17H16N4O5/c1-24-14-6-10(7-15(25-2)17(14)26-3)19-16-9-18-12-5-4-11(21(22)23)8-13(12)20-16/h4-9H,1-3H3,(H,19,20). The molecule has 0 aliphatic heterocycles. The second-order valence-electron chi connectivity index (χ2n) is 5.22. The van der Waals surface area contributed by atoms with Gasteiger partial charge < -0.3 is 19.5 Å². The van der Waals surface area contributed by atoms with E-state index in [-0.39, 0.29) is 5.69 Å². The van der Waals surface area contributed by atoms with Gasteiger partial charge >= 0.3 is 0 Å². The van der Waals surface area contributed by atoms with E-state index in [2.05, 4.69) is 15.3 Å². The normalized spacial score (nSPS) is 10.4. The second kappa shape index (κ2) is 7.09. The highest BCUT2D eigenvalue weighted by atomic mass is 16.6. The Hall–Kier alpha value is -3.62. The highest BCUT2D eigenvalue weighted by Gasteiger charge is 2.14. The number of nitro groups is 1. The third kappa shape index (κ3) is 3.27. The van der Waals surface area contributed by atoms with Crippen LogP contribution >= 0.6 is 0 Å². The third-order valence-electron chi connectivity index (χ3n) is 3.67. The smallest absolute Gasteiger partial charge is 0.271 e. The Morgan fingerprint density at radius 3 is 2.27 bits per heavy atom. The van der Waals surface area contributed by atoms with Gasteiger partial charge in [-0.3, -0.25) is 15.1 Å². The van der Waals surface area contributed by atoms with Crippen molar-refractivity contribution in [1.29, 1.82) is 0 Å². The summed E-state index contributed by atoms with van der Waals surface area (Å²) in [6.45, 7) is 0. The van der Waals surface area contributed by atoms with Crippen molar-refractivity contribution in [2.75, 3.05) is 26.6 Å². The van der Waals surface area contributed by atoms with Crippen LogP contribution in [0.4, 0.5) is 17.2 Å². The monoisotopic (exact) mass is 356 g/mol. The van der Waals surface area contributed by atoms with Gasteiger partial charge in [0.25, 0.3) is 5.69 Å². The summed E-state index contributed by atoms with van der Waals surface area (Å²) >= 11 is 0. The number of non-ortho nitro benzene ring substituents is 1. The van der Waals surface area contributed by atoms with Crippen LogP contribution in [0.25, 0.3) is 11.0 Å². The number of fused-ring (bicyclic) bond motifs is 1. The lowest BCUT2D eigenvalue weighted by Gasteiger charge is -2.14. The van der Waals surface area contributed by atoms with Crippen molar-refractivity contribution in [1.82, 2.24) is 9.97 Å². The maximum atomic E-state index is 10.9. The minimum absolute atomic E-state index is 0.0447. The van der Waals surface area contributed by atoms with E-state index in [1.807, 2.05) is 0 Å². The first kappa shape index (κ1) is 17.2. The van der Waals surface area contributed by atoms with Crippen molar-refractivity contribution < 1.29 is 19.1 Å². The van der Waals surface area contributed by atoms with Gasteiger partial charge in [-0.05, 0) is 6.07 Å². The maximum Gasteiger partial charge on any atom is 0.271 e. The summed E-state index contributed by atoms with van der Waals surface area (Å²) in [6.07, 6.45) is 1.54. The van der Waals surface area contributed by atoms with Gasteiger partial charge in [-0.2, -0.15) is 0 Å². The Kier molecular flexibility index (Phi) is 4.70. The van der Waals surface area contributed by atoms with Crippen molar-refractivity contribution in [2.24, 2.45) is 0 Å². The van der Waals surface area contributed by atoms with Crippen molar-refractivity contribution >= 4 is 28.2 Å². The number of hydrogen-bond acceptors (Lipinski definition) is 8. The van der Waals surface area contributed by atoms with Crippen molar-refractivity contribution in [3.05, 3.63) is 46.6 Å². The van der Waals surface area contributed by atoms with Crippen LogP contribution in [0.2, 0.25) is 0 Å². The van der Waals surface area contributed by atoms with Gasteiger partial charge in [-0.15, -0.1) is 0 Å². The first-order valence-electron chi connectivity index (χ1n) is 7.54. The predicted octanol–water partition coefficient (Wildman–Crippen LogP) is 3.31. The average Bonchev–Trinajstić information content (AvgIpc) is 2.66. The van der Waals surface area contributed by atoms with Crippen LogP contribution in [0.1, 0.15) is 0 Å². The quantitative estimate of drug-likeness (QED) is 0.529. The highest BCUT2D eigenvalue weighted by molar-refractivity contribution is 5.79. The molecular weight excluding hydrogens is 340 g/mol. The first-order chi connectivity index (χ1) is 12.5. The van der Waals surface area contributed by atoms with E-state index >= 15 is 0 Å². The summed E-state index contributed by atoms with van der Waals surface area (Å²) in [5, 5.41) is 14.0. The minimum Gasteiger partial charge on any atom is -0.493 e. The molecule has 0 saturated carbocycles. The van der Waals surface area contributed by atoms with Gasteiger partial charge in [0.15, 0.2) is 11.5 Å². The zero-order valence-corrected chi connectivity index (χ0v) is 14.3. The topological polar surface area (TPSA) is 109 Å². The van der Waals surface area contributed by atoms with Gasteiger partial charge in [-0.25, -0.2) is 4.98 Å². The molecule has 1 heterocycles. The van der Waals surface area contributed by atoms with Gasteiger partial charge in [0.05, 0.1) is 43.5 Å². The van der Waals surface area contributed by atoms with Crippen molar-refractivity contribution in [3.8, 4) is 17.2 Å². The maximum absolute atomic E-state index is 10.9. The molecule has 0 fully saturated rings. The fourth-order valence-electron chi connectivity index (χ4n) is 2.47. The molecule has 0 amide bonds. The number of hydrogen-bond donors (Lipinski definition) is 1. The molecule has 0 spiro atoms. The molecule has 9 heteroatoms. The number of rotatable bonds is 6. The number of nitrogens with one attached hydrogen (secondary N) is 1. The van der Waals surface area contributed by atoms with E-state index < -0.39 is 4.92 Å². The molecule has 0 unspecified atom stereocenters. The summed E-state index contributed by atoms with van der Waals surface area (Å²) in [4.78, 5) is 19.1. The van der Waals surface area contributed by atoms with E-state index in [1.54, 1.807) is 18.2 Å². The number of benzene rings is 2. The molecule has 3 rings (SSSR count). The van der Waals surface area contributed by atoms with Crippen LogP contribution in [0.5, 0.6) is 17.2 Å². The molecule has 1 aromatic heterocycles. The number of methoxy groups -OCH3 is 3. The van der Waals surface area contributed by atoms with Crippen LogP contribution in [0.15, 0.2) is 36.5 Å². The van der Waals surface area contributed by atoms with Gasteiger partial charge in [0.1, 0.15) is 5.82 Å². The van der Waals surface area contributed by atoms with E-state index in [4.69, 9.17) is 14.2 Å². The van der Waals surface area contributed by atoms with Crippen molar-refractivity contribution in [3.63, 3.8) is 0 Å². The lowest BCUT2D eigenvalue weighted by Crippen LogP contribution is -1.99. The van der Waals surface area contributed by atoms with Crippen LogP contribution in [0.3, 0.4) is 0 Å². The number of aromatic nitrogens is 2. The molecule has 0 atom stereocenters. The molecule has 3 aromatic rings. The summed E-state index contributed by atoms with van der Waals surface area (Å²) in [6, 6.07) is 7.77. The zero-order valence-electron chi connectivity index (χ0n) is 14.3. The first-order valence-corrected chi connectivity index (χ1v) is 7.54. The van der Waals surface area contributed by atoms with E-state index in [0.717, 1.165) is 0 Å². The van der Waals surface area contributed by atoms with Crippen LogP contribution < -0.4 is 19.5 Å². The fourth-order valence-corrected chi connectivity index (χ4v) is 2.47. The summed E-state index contributed by atoms with van der Waals surface area (Å²) in [5.74, 6) is 1.87. The lowest BCUT2D eigenvalue weighted by molar-refractivity contribution is -0.384. The molecule has 9 nitrogen and oxygen atoms in total. The molecule has 134 valence electrons. The minimum atomic E-state index is -0.472. The Bertz CT molecular complexity index is 952. The molecule has 0 bridgehead atoms. The molecule has 0 aliphatic rings. The molecule has 0 radical (unpaired) electrons. The third-order valence-corrected chi connectivity index (χ3v) is 3.67. The van der Waals surface area contributed by atoms with E-state index in [0.29, 0.717) is 39.8 Å². The Morgan fingerprint density at radius 2 is 1.69 bits per heavy atom. The molecule has 0 saturated heterocycles. The Labute approximate surface area is 148 Å².